The van der Waals surface area contributed by atoms with Gasteiger partial charge in [0.05, 0.1) is 18.7 Å². The normalized spacial score (nSPS) is 20.6. The van der Waals surface area contributed by atoms with E-state index in [4.69, 9.17) is 4.74 Å². The molecule has 1 atom stereocenters. The van der Waals surface area contributed by atoms with Gasteiger partial charge < -0.3 is 19.4 Å². The Morgan fingerprint density at radius 2 is 1.76 bits per heavy atom. The number of carbonyl (C=O) groups is 1. The summed E-state index contributed by atoms with van der Waals surface area (Å²) in [6.45, 7) is 5.23. The SMILES string of the molecule is COc1ccc(-c2ccc(N3CCCC(C(=O)N4CCN(C)CC4)C3)nn2)cc1. The number of nitrogens with zero attached hydrogens (tertiary/aromatic N) is 5. The van der Waals surface area contributed by atoms with Crippen LogP contribution in [0.4, 0.5) is 5.82 Å². The second-order valence-corrected chi connectivity index (χ2v) is 7.92. The second kappa shape index (κ2) is 8.78. The predicted octanol–water partition coefficient (Wildman–Crippen LogP) is 2.14. The number of hydrogen-bond donors (Lipinski definition) is 0. The molecule has 1 aromatic heterocycles. The number of carbonyl (C=O) groups excluding carboxylic acids is 1. The molecule has 1 aromatic carbocycles. The molecule has 0 radical (unpaired) electrons. The zero-order chi connectivity index (χ0) is 20.2. The van der Waals surface area contributed by atoms with Gasteiger partial charge in [0.2, 0.25) is 5.91 Å². The summed E-state index contributed by atoms with van der Waals surface area (Å²) in [5, 5.41) is 8.87. The van der Waals surface area contributed by atoms with E-state index in [1.807, 2.05) is 41.3 Å². The van der Waals surface area contributed by atoms with Crippen LogP contribution >= 0.6 is 0 Å². The number of ether oxygens (including phenoxy) is 1. The minimum Gasteiger partial charge on any atom is -0.497 e. The number of piperazine rings is 1. The van der Waals surface area contributed by atoms with Crippen LogP contribution in [0.1, 0.15) is 12.8 Å². The molecular weight excluding hydrogens is 366 g/mol. The Bertz CT molecular complexity index is 816. The Morgan fingerprint density at radius 1 is 1.00 bits per heavy atom. The average Bonchev–Trinajstić information content (AvgIpc) is 2.79. The Kier molecular flexibility index (Phi) is 5.94. The zero-order valence-corrected chi connectivity index (χ0v) is 17.3. The topological polar surface area (TPSA) is 61.8 Å². The van der Waals surface area contributed by atoms with Gasteiger partial charge >= 0.3 is 0 Å². The van der Waals surface area contributed by atoms with Gasteiger partial charge in [0.1, 0.15) is 5.75 Å². The van der Waals surface area contributed by atoms with E-state index < -0.39 is 0 Å². The highest BCUT2D eigenvalue weighted by Crippen LogP contribution is 2.25. The van der Waals surface area contributed by atoms with Crippen molar-refractivity contribution in [2.45, 2.75) is 12.8 Å². The molecule has 4 rings (SSSR count). The van der Waals surface area contributed by atoms with E-state index in [-0.39, 0.29) is 5.92 Å². The maximum absolute atomic E-state index is 13.0. The lowest BCUT2D eigenvalue weighted by Gasteiger charge is -2.38. The van der Waals surface area contributed by atoms with Crippen LogP contribution in [0.2, 0.25) is 0 Å². The van der Waals surface area contributed by atoms with Crippen molar-refractivity contribution in [3.8, 4) is 17.0 Å². The van der Waals surface area contributed by atoms with Crippen LogP contribution in [-0.4, -0.2) is 79.3 Å². The van der Waals surface area contributed by atoms with Gasteiger partial charge in [-0.05, 0) is 56.3 Å². The highest BCUT2D eigenvalue weighted by molar-refractivity contribution is 5.80. The van der Waals surface area contributed by atoms with E-state index >= 15 is 0 Å². The van der Waals surface area contributed by atoms with E-state index in [1.165, 1.54) is 0 Å². The standard InChI is InChI=1S/C22H29N5O2/c1-25-12-14-26(15-13-25)22(28)18-4-3-11-27(16-18)21-10-9-20(23-24-21)17-5-7-19(29-2)8-6-17/h5-10,18H,3-4,11-16H2,1-2H3. The van der Waals surface area contributed by atoms with Crippen LogP contribution in [0.25, 0.3) is 11.3 Å². The summed E-state index contributed by atoms with van der Waals surface area (Å²) in [5.41, 5.74) is 1.84. The lowest BCUT2D eigenvalue weighted by atomic mass is 9.96. The Labute approximate surface area is 172 Å². The van der Waals surface area contributed by atoms with Crippen LogP contribution in [0.3, 0.4) is 0 Å². The minimum absolute atomic E-state index is 0.0511. The van der Waals surface area contributed by atoms with Crippen molar-refractivity contribution in [3.05, 3.63) is 36.4 Å². The monoisotopic (exact) mass is 395 g/mol. The van der Waals surface area contributed by atoms with Crippen molar-refractivity contribution in [3.63, 3.8) is 0 Å². The van der Waals surface area contributed by atoms with Crippen molar-refractivity contribution in [2.75, 3.05) is 58.3 Å². The molecule has 1 unspecified atom stereocenters. The molecule has 0 N–H and O–H groups in total. The highest BCUT2D eigenvalue weighted by atomic mass is 16.5. The maximum atomic E-state index is 13.0. The fraction of sp³-hybridized carbons (Fsp3) is 0.500. The van der Waals surface area contributed by atoms with Gasteiger partial charge in [-0.1, -0.05) is 0 Å². The van der Waals surface area contributed by atoms with Gasteiger partial charge in [-0.2, -0.15) is 0 Å². The third-order valence-corrected chi connectivity index (χ3v) is 5.95. The Balaban J connectivity index is 1.40. The van der Waals surface area contributed by atoms with E-state index in [0.29, 0.717) is 5.91 Å². The summed E-state index contributed by atoms with van der Waals surface area (Å²) in [7, 11) is 3.77. The molecule has 3 heterocycles. The molecule has 2 saturated heterocycles. The van der Waals surface area contributed by atoms with Crippen LogP contribution < -0.4 is 9.64 Å². The second-order valence-electron chi connectivity index (χ2n) is 7.92. The van der Waals surface area contributed by atoms with Crippen molar-refractivity contribution >= 4 is 11.7 Å². The van der Waals surface area contributed by atoms with E-state index in [2.05, 4.69) is 27.0 Å². The van der Waals surface area contributed by atoms with E-state index in [1.54, 1.807) is 7.11 Å². The smallest absolute Gasteiger partial charge is 0.227 e. The van der Waals surface area contributed by atoms with Crippen LogP contribution in [0, 0.1) is 5.92 Å². The van der Waals surface area contributed by atoms with Gasteiger partial charge in [-0.3, -0.25) is 4.79 Å². The first-order valence-corrected chi connectivity index (χ1v) is 10.3. The third kappa shape index (κ3) is 4.50. The Morgan fingerprint density at radius 3 is 2.41 bits per heavy atom. The molecule has 154 valence electrons. The maximum Gasteiger partial charge on any atom is 0.227 e. The first kappa shape index (κ1) is 19.6. The molecule has 0 aliphatic carbocycles. The fourth-order valence-electron chi connectivity index (χ4n) is 4.08. The van der Waals surface area contributed by atoms with Crippen LogP contribution in [-0.2, 0) is 4.79 Å². The van der Waals surface area contributed by atoms with E-state index in [9.17, 15) is 4.79 Å². The van der Waals surface area contributed by atoms with Gasteiger partial charge in [0.15, 0.2) is 5.82 Å². The lowest BCUT2D eigenvalue weighted by Crippen LogP contribution is -2.51. The summed E-state index contributed by atoms with van der Waals surface area (Å²) >= 11 is 0. The highest BCUT2D eigenvalue weighted by Gasteiger charge is 2.31. The number of hydrogen-bond acceptors (Lipinski definition) is 6. The molecule has 0 spiro atoms. The van der Waals surface area contributed by atoms with Gasteiger partial charge in [-0.15, -0.1) is 10.2 Å². The zero-order valence-electron chi connectivity index (χ0n) is 17.3. The summed E-state index contributed by atoms with van der Waals surface area (Å²) in [6, 6.07) is 11.8. The molecule has 7 nitrogen and oxygen atoms in total. The lowest BCUT2D eigenvalue weighted by molar-refractivity contribution is -0.137. The third-order valence-electron chi connectivity index (χ3n) is 5.95. The number of amides is 1. The van der Waals surface area contributed by atoms with Crippen LogP contribution in [0.5, 0.6) is 5.75 Å². The van der Waals surface area contributed by atoms with E-state index in [0.717, 1.165) is 74.9 Å². The molecule has 2 fully saturated rings. The molecule has 0 saturated carbocycles. The summed E-state index contributed by atoms with van der Waals surface area (Å²) in [6.07, 6.45) is 1.96. The summed E-state index contributed by atoms with van der Waals surface area (Å²) < 4.78 is 5.21. The number of likely N-dealkylation sites (N-methyl/N-ethyl adjacent to an activating group) is 1. The number of rotatable bonds is 4. The molecule has 7 heteroatoms. The first-order valence-electron chi connectivity index (χ1n) is 10.3. The number of anilines is 1. The first-order chi connectivity index (χ1) is 14.1. The average molecular weight is 396 g/mol. The Hall–Kier alpha value is -2.67. The number of aromatic nitrogens is 2. The molecule has 0 bridgehead atoms. The molecule has 29 heavy (non-hydrogen) atoms. The largest absolute Gasteiger partial charge is 0.497 e. The van der Waals surface area contributed by atoms with Crippen molar-refractivity contribution in [1.82, 2.24) is 20.0 Å². The quantitative estimate of drug-likeness (QED) is 0.791. The van der Waals surface area contributed by atoms with Gasteiger partial charge in [-0.25, -0.2) is 0 Å². The number of benzene rings is 1. The molecule has 2 aliphatic rings. The molecule has 2 aliphatic heterocycles. The predicted molar refractivity (Wildman–Crippen MR) is 113 cm³/mol. The summed E-state index contributed by atoms with van der Waals surface area (Å²) in [5.74, 6) is 2.02. The molecular formula is C22H29N5O2. The van der Waals surface area contributed by atoms with Crippen molar-refractivity contribution < 1.29 is 9.53 Å². The number of piperidine rings is 1. The summed E-state index contributed by atoms with van der Waals surface area (Å²) in [4.78, 5) is 19.5. The molecule has 2 aromatic rings. The minimum atomic E-state index is 0.0511. The van der Waals surface area contributed by atoms with Crippen LogP contribution in [0.15, 0.2) is 36.4 Å². The molecule has 1 amide bonds. The van der Waals surface area contributed by atoms with Crippen molar-refractivity contribution in [1.29, 1.82) is 0 Å². The van der Waals surface area contributed by atoms with Gasteiger partial charge in [0, 0.05) is 44.8 Å². The fourth-order valence-corrected chi connectivity index (χ4v) is 4.08. The van der Waals surface area contributed by atoms with Gasteiger partial charge in [0.25, 0.3) is 0 Å². The van der Waals surface area contributed by atoms with Crippen molar-refractivity contribution in [2.24, 2.45) is 5.92 Å². The number of methoxy groups -OCH3 is 1.